The first-order valence-corrected chi connectivity index (χ1v) is 1.64. The monoisotopic (exact) mass is 92.0 g/mol. The molecule has 0 radical (unpaired) electrons. The Hall–Kier alpha value is -0.250. The lowest BCUT2D eigenvalue weighted by Crippen LogP contribution is -1.67. The van der Waals surface area contributed by atoms with Crippen LogP contribution in [0.1, 0.15) is 0 Å². The quantitative estimate of drug-likeness (QED) is 0.225. The molecule has 0 bridgehead atoms. The van der Waals surface area contributed by atoms with Crippen molar-refractivity contribution in [2.45, 2.75) is 0 Å². The van der Waals surface area contributed by atoms with Crippen LogP contribution >= 0.6 is 12.6 Å². The third kappa shape index (κ3) is 3.75. The van der Waals surface area contributed by atoms with E-state index in [1.807, 2.05) is 0 Å². The molecule has 30 valence electrons. The molecule has 1 N–H and O–H groups in total. The summed E-state index contributed by atoms with van der Waals surface area (Å²) in [5.41, 5.74) is 5.96. The summed E-state index contributed by atoms with van der Waals surface area (Å²) in [6.45, 7) is 0. The van der Waals surface area contributed by atoms with E-state index in [1.165, 1.54) is 0 Å². The molecule has 0 spiro atoms. The number of nitrogens with one attached hydrogen (secondary N) is 1. The van der Waals surface area contributed by atoms with E-state index in [0.717, 1.165) is 0 Å². The van der Waals surface area contributed by atoms with Gasteiger partial charge in [0, 0.05) is 5.28 Å². The normalized spacial score (nSPS) is 6.60. The topological polar surface area (TPSA) is 45.4 Å². The summed E-state index contributed by atoms with van der Waals surface area (Å²) in [6, 6.07) is 0. The van der Waals surface area contributed by atoms with Crippen LogP contribution in [0, 0.1) is 5.53 Å². The summed E-state index contributed by atoms with van der Waals surface area (Å²) in [5, 5.41) is 2.53. The smallest absolute Gasteiger partial charge is 0.161 e. The standard InChI is InChI=1S/CH4N2OS/c2-3-4-1-5/h2,5H,1H2. The first-order chi connectivity index (χ1) is 2.41. The molecule has 0 unspecified atom stereocenters. The number of nitrogens with zero attached hydrogens (tertiary/aromatic N) is 1. The van der Waals surface area contributed by atoms with Crippen molar-refractivity contribution in [2.24, 2.45) is 5.28 Å². The zero-order valence-electron chi connectivity index (χ0n) is 2.51. The molecule has 0 atom stereocenters. The summed E-state index contributed by atoms with van der Waals surface area (Å²) < 4.78 is 0. The second-order valence-corrected chi connectivity index (χ2v) is 0.608. The van der Waals surface area contributed by atoms with Crippen LogP contribution < -0.4 is 0 Å². The van der Waals surface area contributed by atoms with E-state index in [1.54, 1.807) is 0 Å². The van der Waals surface area contributed by atoms with Crippen molar-refractivity contribution in [2.75, 3.05) is 5.94 Å². The lowest BCUT2D eigenvalue weighted by atomic mass is 11.7. The highest BCUT2D eigenvalue weighted by Crippen LogP contribution is 1.73. The summed E-state index contributed by atoms with van der Waals surface area (Å²) in [7, 11) is 0. The lowest BCUT2D eigenvalue weighted by molar-refractivity contribution is 0.165. The highest BCUT2D eigenvalue weighted by atomic mass is 32.1. The van der Waals surface area contributed by atoms with Gasteiger partial charge >= 0.3 is 0 Å². The Morgan fingerprint density at radius 2 is 2.60 bits per heavy atom. The third-order valence-corrected chi connectivity index (χ3v) is 0.238. The van der Waals surface area contributed by atoms with Crippen LogP contribution in [0.15, 0.2) is 5.28 Å². The van der Waals surface area contributed by atoms with Crippen LogP contribution in [0.5, 0.6) is 0 Å². The van der Waals surface area contributed by atoms with E-state index in [4.69, 9.17) is 5.53 Å². The second-order valence-electron chi connectivity index (χ2n) is 0.349. The minimum absolute atomic E-state index is 0.184. The summed E-state index contributed by atoms with van der Waals surface area (Å²) in [6.07, 6.45) is 0. The Balaban J connectivity index is 2.40. The van der Waals surface area contributed by atoms with Crippen molar-refractivity contribution in [3.63, 3.8) is 0 Å². The predicted molar refractivity (Wildman–Crippen MR) is 20.1 cm³/mol. The highest BCUT2D eigenvalue weighted by molar-refractivity contribution is 7.80. The Kier molecular flexibility index (Phi) is 3.56. The predicted octanol–water partition coefficient (Wildman–Crippen LogP) is 0.836. The first-order valence-electron chi connectivity index (χ1n) is 1.01. The second kappa shape index (κ2) is 3.75. The van der Waals surface area contributed by atoms with Crippen molar-refractivity contribution in [3.8, 4) is 0 Å². The molecule has 0 saturated heterocycles. The highest BCUT2D eigenvalue weighted by Gasteiger charge is 1.59. The van der Waals surface area contributed by atoms with Gasteiger partial charge in [-0.3, -0.25) is 0 Å². The van der Waals surface area contributed by atoms with Gasteiger partial charge in [-0.15, -0.1) is 12.6 Å². The maximum absolute atomic E-state index is 5.96. The fraction of sp³-hybridized carbons (Fsp3) is 1.00. The molecule has 0 aromatic carbocycles. The Bertz CT molecular complexity index is 30.8. The minimum atomic E-state index is 0.184. The molecule has 5 heavy (non-hydrogen) atoms. The van der Waals surface area contributed by atoms with Crippen LogP contribution in [0.4, 0.5) is 0 Å². The van der Waals surface area contributed by atoms with Gasteiger partial charge in [0.2, 0.25) is 0 Å². The van der Waals surface area contributed by atoms with E-state index in [-0.39, 0.29) is 5.94 Å². The molecule has 0 aliphatic rings. The van der Waals surface area contributed by atoms with Crippen LogP contribution in [0.25, 0.3) is 0 Å². The molecule has 0 amide bonds. The fourth-order valence-corrected chi connectivity index (χ4v) is 0.0866. The van der Waals surface area contributed by atoms with Crippen molar-refractivity contribution >= 4 is 12.6 Å². The van der Waals surface area contributed by atoms with Gasteiger partial charge in [0.25, 0.3) is 0 Å². The summed E-state index contributed by atoms with van der Waals surface area (Å²) in [5.74, 6) is 0.184. The largest absolute Gasteiger partial charge is 0.369 e. The molecule has 0 aliphatic carbocycles. The summed E-state index contributed by atoms with van der Waals surface area (Å²) in [4.78, 5) is 3.99. The van der Waals surface area contributed by atoms with Gasteiger partial charge in [-0.05, 0) is 0 Å². The molecule has 0 aromatic heterocycles. The minimum Gasteiger partial charge on any atom is -0.369 e. The molecule has 0 heterocycles. The molecular formula is CH4N2OS. The average Bonchev–Trinajstić information content (AvgIpc) is 1.41. The van der Waals surface area contributed by atoms with E-state index in [2.05, 4.69) is 22.7 Å². The van der Waals surface area contributed by atoms with E-state index in [0.29, 0.717) is 0 Å². The van der Waals surface area contributed by atoms with E-state index < -0.39 is 0 Å². The Morgan fingerprint density at radius 1 is 2.00 bits per heavy atom. The van der Waals surface area contributed by atoms with Crippen LogP contribution in [0.3, 0.4) is 0 Å². The van der Waals surface area contributed by atoms with Crippen LogP contribution in [-0.2, 0) is 4.84 Å². The molecule has 4 heteroatoms. The zero-order chi connectivity index (χ0) is 4.12. The molecule has 0 saturated carbocycles. The van der Waals surface area contributed by atoms with Crippen LogP contribution in [0.2, 0.25) is 0 Å². The van der Waals surface area contributed by atoms with Gasteiger partial charge in [0.1, 0.15) is 0 Å². The molecule has 0 rings (SSSR count). The van der Waals surface area contributed by atoms with Gasteiger partial charge in [0.05, 0.1) is 0 Å². The SMILES string of the molecule is N=NOCS. The van der Waals surface area contributed by atoms with Crippen molar-refractivity contribution in [1.29, 1.82) is 5.53 Å². The fourth-order valence-electron chi connectivity index (χ4n) is 0.0289. The summed E-state index contributed by atoms with van der Waals surface area (Å²) >= 11 is 3.56. The maximum Gasteiger partial charge on any atom is 0.161 e. The molecule has 3 nitrogen and oxygen atoms in total. The Labute approximate surface area is 35.2 Å². The number of rotatable bonds is 2. The van der Waals surface area contributed by atoms with Gasteiger partial charge < -0.3 is 4.84 Å². The van der Waals surface area contributed by atoms with Crippen molar-refractivity contribution < 1.29 is 4.84 Å². The van der Waals surface area contributed by atoms with Gasteiger partial charge in [-0.1, -0.05) is 0 Å². The lowest BCUT2D eigenvalue weighted by Gasteiger charge is -1.78. The number of hydrogen-bond donors (Lipinski definition) is 2. The average molecular weight is 92.1 g/mol. The van der Waals surface area contributed by atoms with E-state index in [9.17, 15) is 0 Å². The van der Waals surface area contributed by atoms with Crippen molar-refractivity contribution in [3.05, 3.63) is 0 Å². The van der Waals surface area contributed by atoms with Gasteiger partial charge in [-0.2, -0.15) is 5.53 Å². The molecule has 0 aromatic rings. The van der Waals surface area contributed by atoms with Crippen molar-refractivity contribution in [1.82, 2.24) is 0 Å². The Morgan fingerprint density at radius 3 is 2.60 bits per heavy atom. The van der Waals surface area contributed by atoms with Crippen LogP contribution in [-0.4, -0.2) is 5.94 Å². The molecular weight excluding hydrogens is 88.1 g/mol. The molecule has 0 aliphatic heterocycles. The first kappa shape index (κ1) is 4.75. The van der Waals surface area contributed by atoms with Gasteiger partial charge in [0.15, 0.2) is 5.94 Å². The number of hydrogen-bond acceptors (Lipinski definition) is 4. The number of thiol groups is 1. The molecule has 0 fully saturated rings. The maximum atomic E-state index is 5.96. The van der Waals surface area contributed by atoms with E-state index >= 15 is 0 Å². The van der Waals surface area contributed by atoms with Gasteiger partial charge in [-0.25, -0.2) is 0 Å². The third-order valence-electron chi connectivity index (χ3n) is 0.122. The zero-order valence-corrected chi connectivity index (χ0v) is 3.40.